The van der Waals surface area contributed by atoms with Gasteiger partial charge in [-0.25, -0.2) is 0 Å². The maximum atomic E-state index is 4.04. The average molecular weight is 205 g/mol. The van der Waals surface area contributed by atoms with Crippen LogP contribution in [-0.4, -0.2) is 36.1 Å². The van der Waals surface area contributed by atoms with Crippen LogP contribution in [0.1, 0.15) is 18.4 Å². The zero-order valence-electron chi connectivity index (χ0n) is 9.15. The highest BCUT2D eigenvalue weighted by Gasteiger charge is 2.07. The minimum atomic E-state index is 1.06. The summed E-state index contributed by atoms with van der Waals surface area (Å²) in [5.74, 6) is 0. The Morgan fingerprint density at radius 2 is 2.00 bits per heavy atom. The van der Waals surface area contributed by atoms with E-state index < -0.39 is 0 Å². The SMILES string of the molecule is c1cc(CN2CCCCNCC2)ccn1. The van der Waals surface area contributed by atoms with Gasteiger partial charge in [-0.3, -0.25) is 9.88 Å². The van der Waals surface area contributed by atoms with E-state index in [1.54, 1.807) is 0 Å². The van der Waals surface area contributed by atoms with Gasteiger partial charge in [0.2, 0.25) is 0 Å². The molecule has 0 saturated carbocycles. The van der Waals surface area contributed by atoms with Gasteiger partial charge in [-0.2, -0.15) is 0 Å². The van der Waals surface area contributed by atoms with E-state index in [4.69, 9.17) is 0 Å². The molecule has 0 spiro atoms. The monoisotopic (exact) mass is 205 g/mol. The fourth-order valence-corrected chi connectivity index (χ4v) is 1.96. The molecule has 0 amide bonds. The Balaban J connectivity index is 1.86. The van der Waals surface area contributed by atoms with Crippen molar-refractivity contribution >= 4 is 0 Å². The molecule has 1 aromatic rings. The Kier molecular flexibility index (Phi) is 4.11. The van der Waals surface area contributed by atoms with E-state index in [0.29, 0.717) is 0 Å². The first kappa shape index (κ1) is 10.6. The second-order valence-electron chi connectivity index (χ2n) is 4.09. The van der Waals surface area contributed by atoms with Crippen molar-refractivity contribution in [1.29, 1.82) is 0 Å². The maximum Gasteiger partial charge on any atom is 0.0271 e. The van der Waals surface area contributed by atoms with Gasteiger partial charge in [0.1, 0.15) is 0 Å². The van der Waals surface area contributed by atoms with Crippen LogP contribution in [0.3, 0.4) is 0 Å². The predicted octanol–water partition coefficient (Wildman–Crippen LogP) is 1.27. The summed E-state index contributed by atoms with van der Waals surface area (Å²) in [6, 6.07) is 4.21. The zero-order valence-corrected chi connectivity index (χ0v) is 9.15. The van der Waals surface area contributed by atoms with Gasteiger partial charge in [0.15, 0.2) is 0 Å². The second kappa shape index (κ2) is 5.83. The molecule has 82 valence electrons. The van der Waals surface area contributed by atoms with Gasteiger partial charge in [-0.05, 0) is 43.6 Å². The second-order valence-corrected chi connectivity index (χ2v) is 4.09. The molecular weight excluding hydrogens is 186 g/mol. The van der Waals surface area contributed by atoms with E-state index in [1.807, 2.05) is 12.4 Å². The van der Waals surface area contributed by atoms with Gasteiger partial charge >= 0.3 is 0 Å². The molecule has 1 N–H and O–H groups in total. The number of rotatable bonds is 2. The Bertz CT molecular complexity index is 265. The van der Waals surface area contributed by atoms with Crippen molar-refractivity contribution < 1.29 is 0 Å². The quantitative estimate of drug-likeness (QED) is 0.788. The van der Waals surface area contributed by atoms with E-state index in [1.165, 1.54) is 31.5 Å². The third-order valence-electron chi connectivity index (χ3n) is 2.84. The maximum absolute atomic E-state index is 4.04. The van der Waals surface area contributed by atoms with Crippen LogP contribution in [0.25, 0.3) is 0 Å². The van der Waals surface area contributed by atoms with Crippen molar-refractivity contribution in [1.82, 2.24) is 15.2 Å². The summed E-state index contributed by atoms with van der Waals surface area (Å²) >= 11 is 0. The summed E-state index contributed by atoms with van der Waals surface area (Å²) in [6.45, 7) is 5.74. The standard InChI is InChI=1S/C12H19N3/c1-2-9-15(10-8-13-5-1)11-12-3-6-14-7-4-12/h3-4,6-7,13H,1-2,5,8-11H2. The van der Waals surface area contributed by atoms with Crippen molar-refractivity contribution in [2.75, 3.05) is 26.2 Å². The molecule has 3 nitrogen and oxygen atoms in total. The van der Waals surface area contributed by atoms with E-state index in [2.05, 4.69) is 27.3 Å². The normalized spacial score (nSPS) is 19.5. The van der Waals surface area contributed by atoms with Gasteiger partial charge in [0, 0.05) is 32.0 Å². The number of nitrogens with zero attached hydrogens (tertiary/aromatic N) is 2. The van der Waals surface area contributed by atoms with E-state index in [0.717, 1.165) is 19.6 Å². The molecule has 2 rings (SSSR count). The Morgan fingerprint density at radius 1 is 1.13 bits per heavy atom. The Labute approximate surface area is 91.5 Å². The molecular formula is C12H19N3. The van der Waals surface area contributed by atoms with E-state index >= 15 is 0 Å². The molecule has 0 radical (unpaired) electrons. The number of hydrogen-bond donors (Lipinski definition) is 1. The van der Waals surface area contributed by atoms with Crippen LogP contribution in [0, 0.1) is 0 Å². The zero-order chi connectivity index (χ0) is 10.3. The minimum absolute atomic E-state index is 1.06. The molecule has 0 bridgehead atoms. The van der Waals surface area contributed by atoms with Crippen molar-refractivity contribution in [3.05, 3.63) is 30.1 Å². The predicted molar refractivity (Wildman–Crippen MR) is 61.6 cm³/mol. The molecule has 1 saturated heterocycles. The molecule has 1 aliphatic rings. The van der Waals surface area contributed by atoms with Crippen molar-refractivity contribution in [2.45, 2.75) is 19.4 Å². The van der Waals surface area contributed by atoms with Crippen LogP contribution in [0.2, 0.25) is 0 Å². The van der Waals surface area contributed by atoms with Crippen LogP contribution >= 0.6 is 0 Å². The lowest BCUT2D eigenvalue weighted by atomic mass is 10.2. The molecule has 3 heteroatoms. The highest BCUT2D eigenvalue weighted by molar-refractivity contribution is 5.09. The molecule has 1 aliphatic heterocycles. The molecule has 0 atom stereocenters. The first-order valence-electron chi connectivity index (χ1n) is 5.77. The summed E-state index contributed by atoms with van der Waals surface area (Å²) in [7, 11) is 0. The van der Waals surface area contributed by atoms with Crippen molar-refractivity contribution in [3.8, 4) is 0 Å². The largest absolute Gasteiger partial charge is 0.315 e. The fraction of sp³-hybridized carbons (Fsp3) is 0.583. The Morgan fingerprint density at radius 3 is 2.87 bits per heavy atom. The van der Waals surface area contributed by atoms with Crippen LogP contribution in [-0.2, 0) is 6.54 Å². The lowest BCUT2D eigenvalue weighted by Gasteiger charge is -2.24. The van der Waals surface area contributed by atoms with Gasteiger partial charge in [0.25, 0.3) is 0 Å². The summed E-state index contributed by atoms with van der Waals surface area (Å²) < 4.78 is 0. The summed E-state index contributed by atoms with van der Waals surface area (Å²) in [6.07, 6.45) is 6.35. The highest BCUT2D eigenvalue weighted by Crippen LogP contribution is 2.05. The van der Waals surface area contributed by atoms with Gasteiger partial charge in [0.05, 0.1) is 0 Å². The number of aromatic nitrogens is 1. The lowest BCUT2D eigenvalue weighted by Crippen LogP contribution is -2.35. The summed E-state index contributed by atoms with van der Waals surface area (Å²) in [4.78, 5) is 6.56. The number of pyridine rings is 1. The first-order valence-corrected chi connectivity index (χ1v) is 5.77. The van der Waals surface area contributed by atoms with Crippen molar-refractivity contribution in [2.24, 2.45) is 0 Å². The smallest absolute Gasteiger partial charge is 0.0271 e. The molecule has 15 heavy (non-hydrogen) atoms. The first-order chi connectivity index (χ1) is 7.45. The third-order valence-corrected chi connectivity index (χ3v) is 2.84. The molecule has 1 fully saturated rings. The molecule has 2 heterocycles. The van der Waals surface area contributed by atoms with E-state index in [9.17, 15) is 0 Å². The van der Waals surface area contributed by atoms with Crippen LogP contribution in [0.5, 0.6) is 0 Å². The molecule has 0 aromatic carbocycles. The van der Waals surface area contributed by atoms with Gasteiger partial charge < -0.3 is 5.32 Å². The van der Waals surface area contributed by atoms with Crippen LogP contribution in [0.4, 0.5) is 0 Å². The Hall–Kier alpha value is -0.930. The van der Waals surface area contributed by atoms with Crippen molar-refractivity contribution in [3.63, 3.8) is 0 Å². The minimum Gasteiger partial charge on any atom is -0.315 e. The number of hydrogen-bond acceptors (Lipinski definition) is 3. The van der Waals surface area contributed by atoms with Crippen LogP contribution in [0.15, 0.2) is 24.5 Å². The van der Waals surface area contributed by atoms with Crippen LogP contribution < -0.4 is 5.32 Å². The van der Waals surface area contributed by atoms with Gasteiger partial charge in [-0.15, -0.1) is 0 Å². The van der Waals surface area contributed by atoms with E-state index in [-0.39, 0.29) is 0 Å². The topological polar surface area (TPSA) is 28.2 Å². The molecule has 1 aromatic heterocycles. The average Bonchev–Trinajstić information content (AvgIpc) is 2.23. The summed E-state index contributed by atoms with van der Waals surface area (Å²) in [5, 5.41) is 3.45. The third kappa shape index (κ3) is 3.61. The molecule has 0 aliphatic carbocycles. The lowest BCUT2D eigenvalue weighted by molar-refractivity contribution is 0.247. The number of nitrogens with one attached hydrogen (secondary N) is 1. The van der Waals surface area contributed by atoms with Gasteiger partial charge in [-0.1, -0.05) is 0 Å². The molecule has 0 unspecified atom stereocenters. The summed E-state index contributed by atoms with van der Waals surface area (Å²) in [5.41, 5.74) is 1.37. The highest BCUT2D eigenvalue weighted by atomic mass is 15.1. The fourth-order valence-electron chi connectivity index (χ4n) is 1.96.